The van der Waals surface area contributed by atoms with Crippen molar-refractivity contribution in [2.24, 2.45) is 23.0 Å². The quantitative estimate of drug-likeness (QED) is 0.413. The molecule has 2 saturated heterocycles. The second-order valence-corrected chi connectivity index (χ2v) is 11.9. The van der Waals surface area contributed by atoms with Gasteiger partial charge in [0.05, 0.1) is 17.9 Å². The molecule has 5 rings (SSSR count). The summed E-state index contributed by atoms with van der Waals surface area (Å²) in [4.78, 5) is 28.0. The van der Waals surface area contributed by atoms with Gasteiger partial charge in [0, 0.05) is 25.2 Å². The van der Waals surface area contributed by atoms with E-state index in [-0.39, 0.29) is 48.8 Å². The van der Waals surface area contributed by atoms with E-state index >= 15 is 0 Å². The number of alkyl halides is 3. The summed E-state index contributed by atoms with van der Waals surface area (Å²) < 4.78 is 61.2. The lowest BCUT2D eigenvalue weighted by atomic mass is 9.67. The minimum Gasteiger partial charge on any atom is -0.490 e. The zero-order valence-corrected chi connectivity index (χ0v) is 23.1. The lowest BCUT2D eigenvalue weighted by Gasteiger charge is -2.47. The first-order valence-electron chi connectivity index (χ1n) is 14.5. The molecule has 2 aromatic rings. The van der Waals surface area contributed by atoms with Crippen LogP contribution in [0.3, 0.4) is 0 Å². The van der Waals surface area contributed by atoms with E-state index in [9.17, 15) is 27.2 Å². The van der Waals surface area contributed by atoms with E-state index in [1.807, 2.05) is 4.90 Å². The van der Waals surface area contributed by atoms with Crippen molar-refractivity contribution in [3.8, 4) is 16.9 Å². The highest BCUT2D eigenvalue weighted by molar-refractivity contribution is 5.95. The summed E-state index contributed by atoms with van der Waals surface area (Å²) in [5, 5.41) is 0. The first kappa shape index (κ1) is 29.4. The molecule has 222 valence electrons. The van der Waals surface area contributed by atoms with Crippen LogP contribution in [-0.2, 0) is 4.79 Å². The standard InChI is InChI=1S/C31H37F4N3O3/c32-26-17-24(22-4-6-23(7-5-22)29(40)38-14-1-3-25(18-38)28(36)39)8-9-27(26)41-19-21-10-15-37(16-11-21)20-30(12-2-13-30)31(33,34)35/h4-9,17,21,25H,1-3,10-16,18-20H2,(H2,36,39)/t25-/m1/s1. The number of primary amides is 1. The highest BCUT2D eigenvalue weighted by Gasteiger charge is 2.58. The zero-order valence-electron chi connectivity index (χ0n) is 23.1. The van der Waals surface area contributed by atoms with Crippen LogP contribution in [0.5, 0.6) is 5.75 Å². The van der Waals surface area contributed by atoms with E-state index in [1.165, 1.54) is 6.07 Å². The van der Waals surface area contributed by atoms with Gasteiger partial charge in [-0.3, -0.25) is 9.59 Å². The molecule has 1 atom stereocenters. The average molecular weight is 576 g/mol. The summed E-state index contributed by atoms with van der Waals surface area (Å²) in [6, 6.07) is 11.7. The summed E-state index contributed by atoms with van der Waals surface area (Å²) in [7, 11) is 0. The molecule has 0 bridgehead atoms. The molecule has 2 aliphatic heterocycles. The van der Waals surface area contributed by atoms with Crippen LogP contribution in [0.1, 0.15) is 55.3 Å². The molecule has 0 aromatic heterocycles. The van der Waals surface area contributed by atoms with Crippen molar-refractivity contribution >= 4 is 11.8 Å². The number of amides is 2. The van der Waals surface area contributed by atoms with Crippen molar-refractivity contribution in [2.45, 2.75) is 51.1 Å². The predicted octanol–water partition coefficient (Wildman–Crippen LogP) is 5.65. The maximum atomic E-state index is 14.9. The fourth-order valence-corrected chi connectivity index (χ4v) is 6.26. The molecule has 2 heterocycles. The van der Waals surface area contributed by atoms with E-state index in [0.29, 0.717) is 56.8 Å². The number of carbonyl (C=O) groups is 2. The number of hydrogen-bond acceptors (Lipinski definition) is 4. The monoisotopic (exact) mass is 575 g/mol. The van der Waals surface area contributed by atoms with Crippen LogP contribution in [0.15, 0.2) is 42.5 Å². The summed E-state index contributed by atoms with van der Waals surface area (Å²) in [5.41, 5.74) is 5.76. The molecule has 10 heteroatoms. The number of piperidine rings is 2. The van der Waals surface area contributed by atoms with Crippen molar-refractivity contribution in [3.63, 3.8) is 0 Å². The van der Waals surface area contributed by atoms with E-state index in [2.05, 4.69) is 0 Å². The molecule has 3 fully saturated rings. The molecule has 1 saturated carbocycles. The van der Waals surface area contributed by atoms with Crippen molar-refractivity contribution in [3.05, 3.63) is 53.8 Å². The number of nitrogens with two attached hydrogens (primary N) is 1. The Balaban J connectivity index is 1.12. The fourth-order valence-electron chi connectivity index (χ4n) is 6.26. The molecular weight excluding hydrogens is 538 g/mol. The molecule has 2 aromatic carbocycles. The van der Waals surface area contributed by atoms with E-state index < -0.39 is 17.4 Å². The third-order valence-corrected chi connectivity index (χ3v) is 9.13. The van der Waals surface area contributed by atoms with Crippen LogP contribution in [0.2, 0.25) is 0 Å². The predicted molar refractivity (Wildman–Crippen MR) is 147 cm³/mol. The molecule has 2 amide bonds. The smallest absolute Gasteiger partial charge is 0.395 e. The Morgan fingerprint density at radius 2 is 1.63 bits per heavy atom. The number of hydrogen-bond donors (Lipinski definition) is 1. The lowest BCUT2D eigenvalue weighted by Crippen LogP contribution is -2.53. The number of rotatable bonds is 8. The highest BCUT2D eigenvalue weighted by atomic mass is 19.4. The maximum Gasteiger partial charge on any atom is 0.395 e. The summed E-state index contributed by atoms with van der Waals surface area (Å²) in [5.74, 6) is -1.07. The minimum atomic E-state index is -4.15. The van der Waals surface area contributed by atoms with Crippen LogP contribution in [0.25, 0.3) is 11.1 Å². The van der Waals surface area contributed by atoms with Gasteiger partial charge in [0.15, 0.2) is 11.6 Å². The van der Waals surface area contributed by atoms with Gasteiger partial charge in [0.1, 0.15) is 0 Å². The second-order valence-electron chi connectivity index (χ2n) is 11.9. The van der Waals surface area contributed by atoms with Crippen LogP contribution in [0, 0.1) is 23.1 Å². The zero-order chi connectivity index (χ0) is 29.2. The number of benzene rings is 2. The van der Waals surface area contributed by atoms with Gasteiger partial charge in [-0.15, -0.1) is 0 Å². The normalized spacial score (nSPS) is 21.8. The lowest BCUT2D eigenvalue weighted by molar-refractivity contribution is -0.256. The Labute approximate surface area is 237 Å². The molecule has 0 radical (unpaired) electrons. The molecule has 0 spiro atoms. The SMILES string of the molecule is NC(=O)[C@@H]1CCCN(C(=O)c2ccc(-c3ccc(OCC4CCN(CC5(C(F)(F)F)CCC5)CC4)c(F)c3)cc2)C1. The van der Waals surface area contributed by atoms with Crippen LogP contribution in [0.4, 0.5) is 17.6 Å². The number of halogens is 4. The van der Waals surface area contributed by atoms with Crippen molar-refractivity contribution < 1.29 is 31.9 Å². The number of carbonyl (C=O) groups excluding carboxylic acids is 2. The van der Waals surface area contributed by atoms with Gasteiger partial charge in [-0.2, -0.15) is 13.2 Å². The Hall–Kier alpha value is -3.14. The average Bonchev–Trinajstić information content (AvgIpc) is 2.94. The third kappa shape index (κ3) is 6.52. The van der Waals surface area contributed by atoms with Gasteiger partial charge < -0.3 is 20.3 Å². The van der Waals surface area contributed by atoms with E-state index in [1.54, 1.807) is 41.3 Å². The molecule has 41 heavy (non-hydrogen) atoms. The van der Waals surface area contributed by atoms with Crippen LogP contribution in [-0.4, -0.2) is 67.1 Å². The largest absolute Gasteiger partial charge is 0.490 e. The van der Waals surface area contributed by atoms with E-state index in [4.69, 9.17) is 10.5 Å². The van der Waals surface area contributed by atoms with Crippen LogP contribution < -0.4 is 10.5 Å². The first-order valence-corrected chi connectivity index (χ1v) is 14.5. The Morgan fingerprint density at radius 1 is 0.951 bits per heavy atom. The van der Waals surface area contributed by atoms with Crippen molar-refractivity contribution in [2.75, 3.05) is 39.3 Å². The summed E-state index contributed by atoms with van der Waals surface area (Å²) in [6.45, 7) is 2.47. The van der Waals surface area contributed by atoms with Crippen LogP contribution >= 0.6 is 0 Å². The first-order chi connectivity index (χ1) is 19.5. The van der Waals surface area contributed by atoms with Gasteiger partial charge in [0.2, 0.25) is 5.91 Å². The second kappa shape index (κ2) is 12.0. The van der Waals surface area contributed by atoms with Crippen molar-refractivity contribution in [1.82, 2.24) is 9.80 Å². The Morgan fingerprint density at radius 3 is 2.22 bits per heavy atom. The van der Waals surface area contributed by atoms with Gasteiger partial charge >= 0.3 is 6.18 Å². The minimum absolute atomic E-state index is 0.0727. The number of likely N-dealkylation sites (tertiary alicyclic amines) is 2. The van der Waals surface area contributed by atoms with Gasteiger partial charge in [-0.25, -0.2) is 4.39 Å². The summed E-state index contributed by atoms with van der Waals surface area (Å²) >= 11 is 0. The number of nitrogens with zero attached hydrogens (tertiary/aromatic N) is 2. The molecule has 3 aliphatic rings. The topological polar surface area (TPSA) is 75.9 Å². The highest BCUT2D eigenvalue weighted by Crippen LogP contribution is 2.53. The van der Waals surface area contributed by atoms with Gasteiger partial charge in [-0.05, 0) is 92.9 Å². The Kier molecular flexibility index (Phi) is 8.59. The van der Waals surface area contributed by atoms with E-state index in [0.717, 1.165) is 24.8 Å². The Bertz CT molecular complexity index is 1240. The van der Waals surface area contributed by atoms with Gasteiger partial charge in [0.25, 0.3) is 5.91 Å². The molecule has 2 N–H and O–H groups in total. The molecular formula is C31H37F4N3O3. The maximum absolute atomic E-state index is 14.9. The van der Waals surface area contributed by atoms with Crippen molar-refractivity contribution in [1.29, 1.82) is 0 Å². The summed E-state index contributed by atoms with van der Waals surface area (Å²) in [6.07, 6.45) is -0.223. The molecule has 1 aliphatic carbocycles. The van der Waals surface area contributed by atoms with Gasteiger partial charge in [-0.1, -0.05) is 24.6 Å². The fraction of sp³-hybridized carbons (Fsp3) is 0.548. The third-order valence-electron chi connectivity index (χ3n) is 9.13. The number of ether oxygens (including phenoxy) is 1. The molecule has 0 unspecified atom stereocenters. The molecule has 6 nitrogen and oxygen atoms in total.